The van der Waals surface area contributed by atoms with Gasteiger partial charge in [-0.1, -0.05) is 12.1 Å². The Balaban J connectivity index is 2.48. The van der Waals surface area contributed by atoms with Gasteiger partial charge in [-0.25, -0.2) is 0 Å². The van der Waals surface area contributed by atoms with E-state index in [1.54, 1.807) is 6.92 Å². The van der Waals surface area contributed by atoms with Crippen molar-refractivity contribution < 1.29 is 14.3 Å². The molecule has 0 saturated heterocycles. The van der Waals surface area contributed by atoms with Crippen molar-refractivity contribution in [3.63, 3.8) is 0 Å². The SMILES string of the molecule is CCOC(=O)CC(N)Cc1ccc(NC(C)=O)cc1. The molecule has 1 atom stereocenters. The summed E-state index contributed by atoms with van der Waals surface area (Å²) in [6, 6.07) is 7.14. The Morgan fingerprint density at radius 3 is 2.47 bits per heavy atom. The van der Waals surface area contributed by atoms with Gasteiger partial charge in [-0.2, -0.15) is 0 Å². The molecule has 0 bridgehead atoms. The summed E-state index contributed by atoms with van der Waals surface area (Å²) in [5, 5.41) is 2.69. The van der Waals surface area contributed by atoms with Crippen LogP contribution in [0.25, 0.3) is 0 Å². The van der Waals surface area contributed by atoms with Gasteiger partial charge in [0.15, 0.2) is 0 Å². The number of carbonyl (C=O) groups is 2. The fraction of sp³-hybridized carbons (Fsp3) is 0.429. The molecule has 1 aromatic carbocycles. The van der Waals surface area contributed by atoms with Crippen molar-refractivity contribution in [2.24, 2.45) is 5.73 Å². The summed E-state index contributed by atoms with van der Waals surface area (Å²) in [6.07, 6.45) is 0.806. The Labute approximate surface area is 113 Å². The van der Waals surface area contributed by atoms with Gasteiger partial charge in [0.2, 0.25) is 5.91 Å². The van der Waals surface area contributed by atoms with Gasteiger partial charge in [-0.15, -0.1) is 0 Å². The Morgan fingerprint density at radius 2 is 1.95 bits per heavy atom. The lowest BCUT2D eigenvalue weighted by atomic mass is 10.0. The number of nitrogens with two attached hydrogens (primary N) is 1. The van der Waals surface area contributed by atoms with E-state index in [1.165, 1.54) is 6.92 Å². The number of rotatable bonds is 6. The number of hydrogen-bond donors (Lipinski definition) is 2. The number of ether oxygens (including phenoxy) is 1. The van der Waals surface area contributed by atoms with E-state index in [1.807, 2.05) is 24.3 Å². The van der Waals surface area contributed by atoms with E-state index in [0.29, 0.717) is 13.0 Å². The van der Waals surface area contributed by atoms with E-state index in [2.05, 4.69) is 5.32 Å². The van der Waals surface area contributed by atoms with Gasteiger partial charge < -0.3 is 15.8 Å². The molecule has 1 aromatic rings. The lowest BCUT2D eigenvalue weighted by Gasteiger charge is -2.11. The summed E-state index contributed by atoms with van der Waals surface area (Å²) in [6.45, 7) is 3.60. The molecule has 5 heteroatoms. The van der Waals surface area contributed by atoms with Gasteiger partial charge >= 0.3 is 5.97 Å². The summed E-state index contributed by atoms with van der Waals surface area (Å²) in [7, 11) is 0. The molecule has 0 heterocycles. The summed E-state index contributed by atoms with van der Waals surface area (Å²) in [5.74, 6) is -0.378. The third-order valence-corrected chi connectivity index (χ3v) is 2.51. The molecule has 3 N–H and O–H groups in total. The van der Waals surface area contributed by atoms with E-state index in [-0.39, 0.29) is 24.3 Å². The van der Waals surface area contributed by atoms with Crippen molar-refractivity contribution in [1.29, 1.82) is 0 Å². The van der Waals surface area contributed by atoms with Crippen LogP contribution in [-0.2, 0) is 20.7 Å². The number of carbonyl (C=O) groups excluding carboxylic acids is 2. The maximum atomic E-state index is 11.3. The predicted molar refractivity (Wildman–Crippen MR) is 73.7 cm³/mol. The number of hydrogen-bond acceptors (Lipinski definition) is 4. The molecule has 0 aliphatic heterocycles. The first-order chi connectivity index (χ1) is 9.01. The van der Waals surface area contributed by atoms with Gasteiger partial charge in [-0.3, -0.25) is 9.59 Å². The summed E-state index contributed by atoms with van der Waals surface area (Å²) >= 11 is 0. The van der Waals surface area contributed by atoms with Crippen molar-refractivity contribution in [2.45, 2.75) is 32.7 Å². The molecule has 0 fully saturated rings. The van der Waals surface area contributed by atoms with Crippen LogP contribution >= 0.6 is 0 Å². The van der Waals surface area contributed by atoms with Crippen molar-refractivity contribution in [2.75, 3.05) is 11.9 Å². The minimum Gasteiger partial charge on any atom is -0.466 e. The van der Waals surface area contributed by atoms with Crippen molar-refractivity contribution in [3.8, 4) is 0 Å². The fourth-order valence-electron chi connectivity index (χ4n) is 1.74. The van der Waals surface area contributed by atoms with Gasteiger partial charge in [0.05, 0.1) is 13.0 Å². The number of anilines is 1. The smallest absolute Gasteiger partial charge is 0.307 e. The van der Waals surface area contributed by atoms with Crippen LogP contribution in [0, 0.1) is 0 Å². The maximum absolute atomic E-state index is 11.3. The predicted octanol–water partition coefficient (Wildman–Crippen LogP) is 1.47. The van der Waals surface area contributed by atoms with Crippen molar-refractivity contribution in [1.82, 2.24) is 0 Å². The Bertz CT molecular complexity index is 429. The minimum atomic E-state index is -0.273. The number of benzene rings is 1. The van der Waals surface area contributed by atoms with Gasteiger partial charge in [0, 0.05) is 18.7 Å². The van der Waals surface area contributed by atoms with E-state index >= 15 is 0 Å². The van der Waals surface area contributed by atoms with Crippen LogP contribution in [0.3, 0.4) is 0 Å². The van der Waals surface area contributed by atoms with Gasteiger partial charge in [0.25, 0.3) is 0 Å². The highest BCUT2D eigenvalue weighted by Gasteiger charge is 2.11. The standard InChI is InChI=1S/C14H20N2O3/c1-3-19-14(18)9-12(15)8-11-4-6-13(7-5-11)16-10(2)17/h4-7,12H,3,8-9,15H2,1-2H3,(H,16,17). The molecular weight excluding hydrogens is 244 g/mol. The largest absolute Gasteiger partial charge is 0.466 e. The third-order valence-electron chi connectivity index (χ3n) is 2.51. The van der Waals surface area contributed by atoms with E-state index in [4.69, 9.17) is 10.5 Å². The molecule has 0 aromatic heterocycles. The quantitative estimate of drug-likeness (QED) is 0.762. The minimum absolute atomic E-state index is 0.105. The third kappa shape index (κ3) is 6.01. The van der Waals surface area contributed by atoms with Crippen LogP contribution < -0.4 is 11.1 Å². The number of esters is 1. The highest BCUT2D eigenvalue weighted by Crippen LogP contribution is 2.11. The molecule has 5 nitrogen and oxygen atoms in total. The first kappa shape index (κ1) is 15.2. The Morgan fingerprint density at radius 1 is 1.32 bits per heavy atom. The zero-order chi connectivity index (χ0) is 14.3. The topological polar surface area (TPSA) is 81.4 Å². The molecule has 19 heavy (non-hydrogen) atoms. The zero-order valence-electron chi connectivity index (χ0n) is 11.3. The Hall–Kier alpha value is -1.88. The zero-order valence-corrected chi connectivity index (χ0v) is 11.3. The average Bonchev–Trinajstić information content (AvgIpc) is 2.31. The molecule has 0 radical (unpaired) electrons. The molecule has 0 aliphatic rings. The lowest BCUT2D eigenvalue weighted by Crippen LogP contribution is -2.27. The molecule has 0 spiro atoms. The fourth-order valence-corrected chi connectivity index (χ4v) is 1.74. The van der Waals surface area contributed by atoms with E-state index in [0.717, 1.165) is 11.3 Å². The first-order valence-corrected chi connectivity index (χ1v) is 6.29. The number of nitrogens with one attached hydrogen (secondary N) is 1. The highest BCUT2D eigenvalue weighted by atomic mass is 16.5. The molecular formula is C14H20N2O3. The van der Waals surface area contributed by atoms with Gasteiger partial charge in [-0.05, 0) is 31.0 Å². The molecule has 104 valence electrons. The van der Waals surface area contributed by atoms with Crippen molar-refractivity contribution in [3.05, 3.63) is 29.8 Å². The first-order valence-electron chi connectivity index (χ1n) is 6.29. The Kier molecular flexibility index (Phi) is 6.02. The molecule has 0 aliphatic carbocycles. The van der Waals surface area contributed by atoms with Gasteiger partial charge in [0.1, 0.15) is 0 Å². The second kappa shape index (κ2) is 7.53. The summed E-state index contributed by atoms with van der Waals surface area (Å²) in [5.41, 5.74) is 7.65. The van der Waals surface area contributed by atoms with Crippen LogP contribution in [0.5, 0.6) is 0 Å². The average molecular weight is 264 g/mol. The maximum Gasteiger partial charge on any atom is 0.307 e. The number of amides is 1. The summed E-state index contributed by atoms with van der Waals surface area (Å²) in [4.78, 5) is 22.1. The second-order valence-corrected chi connectivity index (χ2v) is 4.35. The van der Waals surface area contributed by atoms with E-state index < -0.39 is 0 Å². The van der Waals surface area contributed by atoms with Crippen LogP contribution in [0.4, 0.5) is 5.69 Å². The second-order valence-electron chi connectivity index (χ2n) is 4.35. The van der Waals surface area contributed by atoms with Crippen LogP contribution in [0.1, 0.15) is 25.8 Å². The monoisotopic (exact) mass is 264 g/mol. The molecule has 0 saturated carbocycles. The molecule has 1 rings (SSSR count). The van der Waals surface area contributed by atoms with Crippen LogP contribution in [0.15, 0.2) is 24.3 Å². The van der Waals surface area contributed by atoms with Crippen molar-refractivity contribution >= 4 is 17.6 Å². The normalized spacial score (nSPS) is 11.7. The summed E-state index contributed by atoms with van der Waals surface area (Å²) < 4.78 is 4.85. The van der Waals surface area contributed by atoms with E-state index in [9.17, 15) is 9.59 Å². The molecule has 1 unspecified atom stereocenters. The van der Waals surface area contributed by atoms with Crippen LogP contribution in [0.2, 0.25) is 0 Å². The van der Waals surface area contributed by atoms with Crippen LogP contribution in [-0.4, -0.2) is 24.5 Å². The highest BCUT2D eigenvalue weighted by molar-refractivity contribution is 5.88. The molecule has 1 amide bonds. The lowest BCUT2D eigenvalue weighted by molar-refractivity contribution is -0.143.